The number of nitrogens with two attached hydrogens (primary N) is 1. The molecule has 0 bridgehead atoms. The summed E-state index contributed by atoms with van der Waals surface area (Å²) in [6.45, 7) is 3.07. The van der Waals surface area contributed by atoms with Crippen LogP contribution in [0.5, 0.6) is 0 Å². The van der Waals surface area contributed by atoms with Gasteiger partial charge in [-0.15, -0.1) is 0 Å². The summed E-state index contributed by atoms with van der Waals surface area (Å²) in [5.41, 5.74) is 7.47. The van der Waals surface area contributed by atoms with Crippen LogP contribution in [0.2, 0.25) is 5.02 Å². The van der Waals surface area contributed by atoms with E-state index in [0.717, 1.165) is 5.56 Å². The molecule has 1 heterocycles. The Bertz CT molecular complexity index is 623. The van der Waals surface area contributed by atoms with Crippen LogP contribution in [0.3, 0.4) is 0 Å². The van der Waals surface area contributed by atoms with Gasteiger partial charge in [0.25, 0.3) is 5.91 Å². The Morgan fingerprint density at radius 1 is 1.50 bits per heavy atom. The number of rotatable bonds is 4. The lowest BCUT2D eigenvalue weighted by atomic mass is 10.2. The fourth-order valence-electron chi connectivity index (χ4n) is 1.93. The minimum atomic E-state index is -0.199. The molecule has 0 unspecified atom stereocenters. The van der Waals surface area contributed by atoms with Gasteiger partial charge in [0.05, 0.1) is 5.69 Å². The van der Waals surface area contributed by atoms with Crippen LogP contribution < -0.4 is 5.73 Å². The second kappa shape index (κ2) is 5.96. The van der Waals surface area contributed by atoms with Gasteiger partial charge in [0.1, 0.15) is 0 Å². The molecular weight excluding hydrogens is 276 g/mol. The maximum atomic E-state index is 12.3. The molecule has 0 spiro atoms. The number of amides is 1. The fraction of sp³-hybridized carbons (Fsp3) is 0.286. The van der Waals surface area contributed by atoms with Crippen molar-refractivity contribution in [2.45, 2.75) is 20.0 Å². The van der Waals surface area contributed by atoms with E-state index < -0.39 is 0 Å². The van der Waals surface area contributed by atoms with Crippen LogP contribution in [0, 0.1) is 0 Å². The lowest BCUT2D eigenvalue weighted by Crippen LogP contribution is -2.27. The van der Waals surface area contributed by atoms with Crippen molar-refractivity contribution in [3.05, 3.63) is 46.7 Å². The molecule has 1 aromatic carbocycles. The number of aromatic nitrogens is 2. The van der Waals surface area contributed by atoms with E-state index in [0.29, 0.717) is 23.8 Å². The molecule has 1 amide bonds. The molecule has 2 rings (SSSR count). The fourth-order valence-corrected chi connectivity index (χ4v) is 2.14. The first-order valence-corrected chi connectivity index (χ1v) is 6.72. The predicted octanol–water partition coefficient (Wildman–Crippen LogP) is 2.41. The summed E-state index contributed by atoms with van der Waals surface area (Å²) in [5.74, 6) is -0.199. The Labute approximate surface area is 122 Å². The maximum Gasteiger partial charge on any atom is 0.276 e. The number of nitrogens with zero attached hydrogens (tertiary/aromatic N) is 3. The van der Waals surface area contributed by atoms with Crippen molar-refractivity contribution in [2.24, 2.45) is 0 Å². The van der Waals surface area contributed by atoms with Crippen molar-refractivity contribution in [2.75, 3.05) is 12.8 Å². The van der Waals surface area contributed by atoms with Gasteiger partial charge in [0, 0.05) is 31.4 Å². The lowest BCUT2D eigenvalue weighted by molar-refractivity contribution is 0.0779. The van der Waals surface area contributed by atoms with Crippen LogP contribution in [0.25, 0.3) is 0 Å². The van der Waals surface area contributed by atoms with E-state index in [9.17, 15) is 4.79 Å². The van der Waals surface area contributed by atoms with Gasteiger partial charge in [-0.2, -0.15) is 5.10 Å². The van der Waals surface area contributed by atoms with Gasteiger partial charge >= 0.3 is 0 Å². The largest absolute Gasteiger partial charge is 0.396 e. The topological polar surface area (TPSA) is 64.2 Å². The van der Waals surface area contributed by atoms with Crippen molar-refractivity contribution in [3.8, 4) is 0 Å². The van der Waals surface area contributed by atoms with Crippen LogP contribution in [-0.4, -0.2) is 27.6 Å². The minimum absolute atomic E-state index is 0.199. The molecule has 0 saturated heterocycles. The zero-order valence-electron chi connectivity index (χ0n) is 11.5. The third-order valence-electron chi connectivity index (χ3n) is 2.97. The molecule has 2 N–H and O–H groups in total. The Kier molecular flexibility index (Phi) is 4.29. The average Bonchev–Trinajstić information content (AvgIpc) is 2.79. The highest BCUT2D eigenvalue weighted by atomic mass is 35.5. The zero-order valence-corrected chi connectivity index (χ0v) is 12.3. The molecule has 2 aromatic rings. The molecule has 5 nitrogen and oxygen atoms in total. The molecular formula is C14H17ClN4O. The summed E-state index contributed by atoms with van der Waals surface area (Å²) in [6, 6.07) is 7.41. The first-order chi connectivity index (χ1) is 9.51. The quantitative estimate of drug-likeness (QED) is 0.941. The Morgan fingerprint density at radius 3 is 2.85 bits per heavy atom. The van der Waals surface area contributed by atoms with Crippen molar-refractivity contribution < 1.29 is 4.79 Å². The highest BCUT2D eigenvalue weighted by Crippen LogP contribution is 2.15. The number of aryl methyl sites for hydroxylation is 1. The highest BCUT2D eigenvalue weighted by molar-refractivity contribution is 6.30. The van der Waals surface area contributed by atoms with Crippen LogP contribution in [0.4, 0.5) is 5.69 Å². The zero-order chi connectivity index (χ0) is 14.7. The van der Waals surface area contributed by atoms with Gasteiger partial charge in [0.15, 0.2) is 5.69 Å². The van der Waals surface area contributed by atoms with Crippen LogP contribution in [-0.2, 0) is 13.1 Å². The molecule has 0 atom stereocenters. The van der Waals surface area contributed by atoms with E-state index in [1.807, 2.05) is 25.1 Å². The molecule has 20 heavy (non-hydrogen) atoms. The van der Waals surface area contributed by atoms with Crippen LogP contribution in [0.1, 0.15) is 23.0 Å². The number of hydrogen-bond acceptors (Lipinski definition) is 3. The van der Waals surface area contributed by atoms with E-state index in [2.05, 4.69) is 5.10 Å². The summed E-state index contributed by atoms with van der Waals surface area (Å²) in [6.07, 6.45) is 1.67. The number of benzene rings is 1. The minimum Gasteiger partial charge on any atom is -0.396 e. The van der Waals surface area contributed by atoms with Crippen LogP contribution >= 0.6 is 11.6 Å². The number of halogens is 1. The SMILES string of the molecule is CCn1cc(N)c(C(=O)N(C)Cc2cccc(Cl)c2)n1. The van der Waals surface area contributed by atoms with E-state index in [1.165, 1.54) is 0 Å². The van der Waals surface area contributed by atoms with Crippen molar-refractivity contribution in [1.82, 2.24) is 14.7 Å². The molecule has 0 aliphatic rings. The van der Waals surface area contributed by atoms with E-state index >= 15 is 0 Å². The van der Waals surface area contributed by atoms with Gasteiger partial charge in [-0.3, -0.25) is 9.48 Å². The van der Waals surface area contributed by atoms with Gasteiger partial charge in [-0.05, 0) is 24.6 Å². The molecule has 0 fully saturated rings. The number of carbonyl (C=O) groups excluding carboxylic acids is 1. The Balaban J connectivity index is 2.14. The van der Waals surface area contributed by atoms with Crippen molar-refractivity contribution in [3.63, 3.8) is 0 Å². The summed E-state index contributed by atoms with van der Waals surface area (Å²) in [4.78, 5) is 13.9. The predicted molar refractivity (Wildman–Crippen MR) is 79.6 cm³/mol. The number of hydrogen-bond donors (Lipinski definition) is 1. The first kappa shape index (κ1) is 14.4. The molecule has 6 heteroatoms. The molecule has 106 valence electrons. The highest BCUT2D eigenvalue weighted by Gasteiger charge is 2.18. The molecule has 1 aromatic heterocycles. The van der Waals surface area contributed by atoms with E-state index in [1.54, 1.807) is 28.9 Å². The third-order valence-corrected chi connectivity index (χ3v) is 3.21. The van der Waals surface area contributed by atoms with Crippen molar-refractivity contribution in [1.29, 1.82) is 0 Å². The number of carbonyl (C=O) groups is 1. The Morgan fingerprint density at radius 2 is 2.25 bits per heavy atom. The van der Waals surface area contributed by atoms with Crippen LogP contribution in [0.15, 0.2) is 30.5 Å². The second-order valence-corrected chi connectivity index (χ2v) is 5.02. The Hall–Kier alpha value is -2.01. The monoisotopic (exact) mass is 292 g/mol. The van der Waals surface area contributed by atoms with Gasteiger partial charge in [-0.1, -0.05) is 23.7 Å². The first-order valence-electron chi connectivity index (χ1n) is 6.34. The molecule has 0 saturated carbocycles. The number of anilines is 1. The average molecular weight is 293 g/mol. The van der Waals surface area contributed by atoms with Gasteiger partial charge in [0.2, 0.25) is 0 Å². The summed E-state index contributed by atoms with van der Waals surface area (Å²) < 4.78 is 1.65. The number of nitrogen functional groups attached to an aromatic ring is 1. The third kappa shape index (κ3) is 3.11. The van der Waals surface area contributed by atoms with Gasteiger partial charge < -0.3 is 10.6 Å². The summed E-state index contributed by atoms with van der Waals surface area (Å²) in [5, 5.41) is 4.83. The van der Waals surface area contributed by atoms with Crippen molar-refractivity contribution >= 4 is 23.2 Å². The second-order valence-electron chi connectivity index (χ2n) is 4.58. The summed E-state index contributed by atoms with van der Waals surface area (Å²) in [7, 11) is 1.72. The van der Waals surface area contributed by atoms with E-state index in [-0.39, 0.29) is 11.6 Å². The smallest absolute Gasteiger partial charge is 0.276 e. The van der Waals surface area contributed by atoms with E-state index in [4.69, 9.17) is 17.3 Å². The summed E-state index contributed by atoms with van der Waals surface area (Å²) >= 11 is 5.93. The molecule has 0 radical (unpaired) electrons. The maximum absolute atomic E-state index is 12.3. The van der Waals surface area contributed by atoms with Gasteiger partial charge in [-0.25, -0.2) is 0 Å². The molecule has 0 aliphatic heterocycles. The standard InChI is InChI=1S/C14H17ClN4O/c1-3-19-9-12(16)13(17-19)14(20)18(2)8-10-5-4-6-11(15)7-10/h4-7,9H,3,8,16H2,1-2H3. The normalized spacial score (nSPS) is 10.6. The lowest BCUT2D eigenvalue weighted by Gasteiger charge is -2.16. The molecule has 0 aliphatic carbocycles.